The van der Waals surface area contributed by atoms with Crippen LogP contribution in [0.15, 0.2) is 0 Å². The fourth-order valence-electron chi connectivity index (χ4n) is 0. The van der Waals surface area contributed by atoms with Gasteiger partial charge < -0.3 is 27.4 Å². The Morgan fingerprint density at radius 2 is 0.500 bits per heavy atom. The Bertz CT molecular complexity index is 3.90. The van der Waals surface area contributed by atoms with Gasteiger partial charge >= 0.3 is 25.8 Å². The Kier molecular flexibility index (Phi) is 21900. The molecule has 0 aromatic rings. The molecule has 6 heteroatoms. The molecule has 0 aromatic carbocycles. The van der Waals surface area contributed by atoms with Crippen molar-refractivity contribution in [2.45, 2.75) is 0 Å². The monoisotopic (exact) mass is 266 g/mol. The molecular weight excluding hydrogens is 258 g/mol. The van der Waals surface area contributed by atoms with Crippen molar-refractivity contribution >= 4 is 0 Å². The molecule has 0 saturated heterocycles. The summed E-state index contributed by atoms with van der Waals surface area (Å²) in [6.45, 7) is 0. The average Bonchev–Trinajstić information content (AvgIpc) is 0. The van der Waals surface area contributed by atoms with Crippen molar-refractivity contribution in [3.05, 3.63) is 0 Å². The van der Waals surface area contributed by atoms with Crippen LogP contribution in [0.4, 0.5) is 0 Å². The van der Waals surface area contributed by atoms with Crippen LogP contribution in [0.3, 0.4) is 0 Å². The molecule has 0 aliphatic rings. The molecule has 0 heterocycles. The van der Waals surface area contributed by atoms with E-state index in [0.717, 1.165) is 0 Å². The van der Waals surface area contributed by atoms with Crippen LogP contribution >= 0.6 is 0 Å². The first-order valence-electron chi connectivity index (χ1n) is 0. The van der Waals surface area contributed by atoms with Crippen LogP contribution in [0, 0.1) is 0 Å². The van der Waals surface area contributed by atoms with Crippen LogP contribution < -0.4 is 0 Å². The van der Waals surface area contributed by atoms with Crippen molar-refractivity contribution in [2.24, 2.45) is 0 Å². The molecule has 0 aliphatic heterocycles. The maximum Gasteiger partial charge on any atom is 4.00 e. The van der Waals surface area contributed by atoms with E-state index in [1.807, 2.05) is 0 Å². The molecule has 0 bridgehead atoms. The van der Waals surface area contributed by atoms with Crippen molar-refractivity contribution in [2.75, 3.05) is 0 Å². The third kappa shape index (κ3) is 140. The summed E-state index contributed by atoms with van der Waals surface area (Å²) >= 11 is 0. The predicted molar refractivity (Wildman–Crippen MR) is 12.2 cm³/mol. The third-order valence-electron chi connectivity index (χ3n) is 0. The molecule has 5 nitrogen and oxygen atoms in total. The zero-order valence-corrected chi connectivity index (χ0v) is 6.41. The van der Waals surface area contributed by atoms with Gasteiger partial charge in [-0.15, -0.1) is 0 Å². The van der Waals surface area contributed by atoms with Crippen LogP contribution in [-0.4, -0.2) is 16.4 Å². The normalized spacial score (nSPS) is 0. The number of rotatable bonds is 0. The number of hydrogen-bond donors (Lipinski definition) is 0. The van der Waals surface area contributed by atoms with Crippen molar-refractivity contribution in [1.82, 2.24) is 0 Å². The van der Waals surface area contributed by atoms with Gasteiger partial charge in [-0.05, 0) is 0 Å². The van der Waals surface area contributed by atoms with E-state index in [1.54, 1.807) is 0 Å². The molecule has 0 radical (unpaired) electrons. The zero-order valence-electron chi connectivity index (χ0n) is 2.82. The van der Waals surface area contributed by atoms with E-state index in [9.17, 15) is 0 Å². The minimum Gasteiger partial charge on any atom is -2.00 e. The molecule has 0 unspecified atom stereocenters. The first-order valence-corrected chi connectivity index (χ1v) is 0. The zero-order chi connectivity index (χ0) is 0. The van der Waals surface area contributed by atoms with Gasteiger partial charge in [-0.1, -0.05) is 0 Å². The van der Waals surface area contributed by atoms with Gasteiger partial charge in [0.05, 0.1) is 0 Å². The molecule has 0 saturated carbocycles. The van der Waals surface area contributed by atoms with Gasteiger partial charge in [0, 0.05) is 0 Å². The van der Waals surface area contributed by atoms with Gasteiger partial charge in [-0.25, -0.2) is 0 Å². The number of hydrogen-bond acceptors (Lipinski definition) is 0. The molecule has 6 N–H and O–H groups in total. The summed E-state index contributed by atoms with van der Waals surface area (Å²) < 4.78 is 0. The second-order valence-corrected chi connectivity index (χ2v) is 0. The van der Waals surface area contributed by atoms with Gasteiger partial charge in [0.2, 0.25) is 0 Å². The molecule has 40 valence electrons. The summed E-state index contributed by atoms with van der Waals surface area (Å²) in [4.78, 5) is 0. The van der Waals surface area contributed by atoms with E-state index in [-0.39, 0.29) is 53.2 Å². The van der Waals surface area contributed by atoms with Crippen molar-refractivity contribution in [3.63, 3.8) is 0 Å². The maximum atomic E-state index is 0. The van der Waals surface area contributed by atoms with E-state index in [2.05, 4.69) is 0 Å². The SMILES string of the molecule is O.O.O.[Hf+4].[O-2].[O-2]. The van der Waals surface area contributed by atoms with Crippen LogP contribution in [0.5, 0.6) is 0 Å². The van der Waals surface area contributed by atoms with E-state index in [0.29, 0.717) is 0 Å². The largest absolute Gasteiger partial charge is 4.00 e. The summed E-state index contributed by atoms with van der Waals surface area (Å²) in [7, 11) is 0. The Balaban J connectivity index is 0. The summed E-state index contributed by atoms with van der Waals surface area (Å²) in [6.07, 6.45) is 0. The second kappa shape index (κ2) is 275. The molecule has 0 rings (SSSR count). The second-order valence-electron chi connectivity index (χ2n) is 0. The summed E-state index contributed by atoms with van der Waals surface area (Å²) in [5.74, 6) is 0. The van der Waals surface area contributed by atoms with E-state index in [1.165, 1.54) is 0 Å². The Labute approximate surface area is 53.7 Å². The standard InChI is InChI=1S/Hf.3H2O.2O/h;3*1H2;;/q+4;;;;2*-2. The molecule has 0 aromatic heterocycles. The topological polar surface area (TPSA) is 152 Å². The molecule has 6 heavy (non-hydrogen) atoms. The Hall–Kier alpha value is 0.670. The fourth-order valence-corrected chi connectivity index (χ4v) is 0. The van der Waals surface area contributed by atoms with Gasteiger partial charge in [-0.3, -0.25) is 0 Å². The molecular formula is H6HfO5. The van der Waals surface area contributed by atoms with Crippen molar-refractivity contribution < 1.29 is 53.2 Å². The predicted octanol–water partition coefficient (Wildman–Crippen LogP) is -2.71. The molecule has 0 fully saturated rings. The first-order chi connectivity index (χ1) is 0. The molecule has 0 amide bonds. The Morgan fingerprint density at radius 3 is 0.500 bits per heavy atom. The minimum atomic E-state index is 0. The van der Waals surface area contributed by atoms with E-state index < -0.39 is 0 Å². The molecule has 0 atom stereocenters. The maximum absolute atomic E-state index is 0. The van der Waals surface area contributed by atoms with Gasteiger partial charge in [-0.2, -0.15) is 0 Å². The van der Waals surface area contributed by atoms with Gasteiger partial charge in [0.25, 0.3) is 0 Å². The van der Waals surface area contributed by atoms with E-state index >= 15 is 0 Å². The fraction of sp³-hybridized carbons (Fsp3) is 0. The van der Waals surface area contributed by atoms with Crippen LogP contribution in [-0.2, 0) is 36.8 Å². The van der Waals surface area contributed by atoms with E-state index in [4.69, 9.17) is 0 Å². The summed E-state index contributed by atoms with van der Waals surface area (Å²) in [6, 6.07) is 0. The summed E-state index contributed by atoms with van der Waals surface area (Å²) in [5, 5.41) is 0. The average molecular weight is 265 g/mol. The van der Waals surface area contributed by atoms with Crippen LogP contribution in [0.2, 0.25) is 0 Å². The first kappa shape index (κ1) is 478. The van der Waals surface area contributed by atoms with Gasteiger partial charge in [0.1, 0.15) is 0 Å². The van der Waals surface area contributed by atoms with Crippen molar-refractivity contribution in [1.29, 1.82) is 0 Å². The Morgan fingerprint density at radius 1 is 0.500 bits per heavy atom. The minimum absolute atomic E-state index is 0. The smallest absolute Gasteiger partial charge is 2.00 e. The quantitative estimate of drug-likeness (QED) is 0.418. The van der Waals surface area contributed by atoms with Crippen molar-refractivity contribution in [3.8, 4) is 0 Å². The molecule has 0 spiro atoms. The van der Waals surface area contributed by atoms with Gasteiger partial charge in [0.15, 0.2) is 0 Å². The summed E-state index contributed by atoms with van der Waals surface area (Å²) in [5.41, 5.74) is 0. The van der Waals surface area contributed by atoms with Crippen LogP contribution in [0.25, 0.3) is 0 Å². The van der Waals surface area contributed by atoms with Crippen LogP contribution in [0.1, 0.15) is 0 Å². The molecule has 0 aliphatic carbocycles. The third-order valence-corrected chi connectivity index (χ3v) is 0.